The van der Waals surface area contributed by atoms with Crippen molar-refractivity contribution in [2.45, 2.75) is 25.4 Å². The van der Waals surface area contributed by atoms with Gasteiger partial charge in [-0.3, -0.25) is 4.79 Å². The van der Waals surface area contributed by atoms with Crippen LogP contribution in [0.4, 0.5) is 0 Å². The minimum Gasteiger partial charge on any atom is -0.481 e. The maximum Gasteiger partial charge on any atom is 0.313 e. The average Bonchev–Trinajstić information content (AvgIpc) is 2.93. The average molecular weight is 328 g/mol. The predicted octanol–water partition coefficient (Wildman–Crippen LogP) is 2.51. The molecule has 1 N–H and O–H groups in total. The number of nitrogens with zero attached hydrogens (tertiary/aromatic N) is 4. The number of carbonyl (C=O) groups is 1. The van der Waals surface area contributed by atoms with Gasteiger partial charge in [-0.25, -0.2) is 9.50 Å². The third-order valence-corrected chi connectivity index (χ3v) is 4.40. The van der Waals surface area contributed by atoms with Crippen molar-refractivity contribution in [3.8, 4) is 0 Å². The number of rotatable bonds is 5. The highest BCUT2D eigenvalue weighted by atomic mass is 32.2. The van der Waals surface area contributed by atoms with Gasteiger partial charge in [-0.05, 0) is 25.0 Å². The summed E-state index contributed by atoms with van der Waals surface area (Å²) >= 11 is 1.10. The first-order valence-electron chi connectivity index (χ1n) is 7.16. The van der Waals surface area contributed by atoms with E-state index in [2.05, 4.69) is 27.2 Å². The van der Waals surface area contributed by atoms with E-state index in [1.54, 1.807) is 4.52 Å². The summed E-state index contributed by atoms with van der Waals surface area (Å²) in [6.07, 6.45) is 0.777. The van der Waals surface area contributed by atoms with E-state index < -0.39 is 5.97 Å². The molecule has 2 aromatic heterocycles. The molecule has 3 rings (SSSR count). The maximum atomic E-state index is 10.7. The number of carboxylic acids is 1. The lowest BCUT2D eigenvalue weighted by Gasteiger charge is -2.10. The number of hydrogen-bond acceptors (Lipinski definition) is 5. The Balaban J connectivity index is 1.97. The van der Waals surface area contributed by atoms with Crippen LogP contribution in [0.25, 0.3) is 5.78 Å². The number of benzene rings is 1. The first kappa shape index (κ1) is 15.5. The van der Waals surface area contributed by atoms with Crippen molar-refractivity contribution in [2.75, 3.05) is 5.75 Å². The Kier molecular flexibility index (Phi) is 4.29. The molecule has 0 saturated carbocycles. The first-order valence-corrected chi connectivity index (χ1v) is 8.14. The molecule has 118 valence electrons. The van der Waals surface area contributed by atoms with E-state index in [-0.39, 0.29) is 5.75 Å². The van der Waals surface area contributed by atoms with Gasteiger partial charge in [-0.1, -0.05) is 42.1 Å². The van der Waals surface area contributed by atoms with E-state index in [1.807, 2.05) is 32.0 Å². The molecule has 0 saturated heterocycles. The summed E-state index contributed by atoms with van der Waals surface area (Å²) in [6, 6.07) is 10.2. The maximum absolute atomic E-state index is 10.7. The molecule has 23 heavy (non-hydrogen) atoms. The molecule has 0 fully saturated rings. The Morgan fingerprint density at radius 1 is 1.22 bits per heavy atom. The fourth-order valence-corrected chi connectivity index (χ4v) is 2.97. The lowest BCUT2D eigenvalue weighted by Crippen LogP contribution is -2.06. The predicted molar refractivity (Wildman–Crippen MR) is 87.9 cm³/mol. The molecular formula is C16H16N4O2S. The van der Waals surface area contributed by atoms with Gasteiger partial charge in [-0.2, -0.15) is 4.98 Å². The minimum absolute atomic E-state index is 0.0637. The second kappa shape index (κ2) is 6.37. The molecule has 0 unspecified atom stereocenters. The molecule has 2 heterocycles. The Labute approximate surface area is 137 Å². The van der Waals surface area contributed by atoms with Crippen LogP contribution in [0.5, 0.6) is 0 Å². The smallest absolute Gasteiger partial charge is 0.313 e. The molecule has 0 atom stereocenters. The van der Waals surface area contributed by atoms with Crippen LogP contribution in [0.3, 0.4) is 0 Å². The van der Waals surface area contributed by atoms with Crippen molar-refractivity contribution >= 4 is 23.5 Å². The molecule has 1 aromatic carbocycles. The molecule has 0 spiro atoms. The molecule has 0 radical (unpaired) electrons. The summed E-state index contributed by atoms with van der Waals surface area (Å²) in [7, 11) is 0. The number of fused-ring (bicyclic) bond motifs is 1. The van der Waals surface area contributed by atoms with Crippen LogP contribution in [0, 0.1) is 13.8 Å². The van der Waals surface area contributed by atoms with E-state index in [1.165, 1.54) is 5.56 Å². The molecule has 7 heteroatoms. The van der Waals surface area contributed by atoms with Crippen molar-refractivity contribution in [2.24, 2.45) is 0 Å². The van der Waals surface area contributed by atoms with Gasteiger partial charge in [0.05, 0.1) is 5.75 Å². The first-order chi connectivity index (χ1) is 11.0. The van der Waals surface area contributed by atoms with Crippen molar-refractivity contribution in [1.29, 1.82) is 0 Å². The monoisotopic (exact) mass is 328 g/mol. The highest BCUT2D eigenvalue weighted by Crippen LogP contribution is 2.20. The Bertz CT molecular complexity index is 861. The van der Waals surface area contributed by atoms with Crippen LogP contribution in [0.15, 0.2) is 35.5 Å². The lowest BCUT2D eigenvalue weighted by atomic mass is 10.0. The zero-order chi connectivity index (χ0) is 16.4. The van der Waals surface area contributed by atoms with Gasteiger partial charge >= 0.3 is 5.97 Å². The van der Waals surface area contributed by atoms with Gasteiger partial charge in [-0.15, -0.1) is 5.10 Å². The van der Waals surface area contributed by atoms with Crippen LogP contribution in [-0.4, -0.2) is 36.4 Å². The molecule has 3 aromatic rings. The van der Waals surface area contributed by atoms with E-state index in [4.69, 9.17) is 5.11 Å². The van der Waals surface area contributed by atoms with Gasteiger partial charge in [0.25, 0.3) is 5.78 Å². The van der Waals surface area contributed by atoms with Crippen LogP contribution >= 0.6 is 11.8 Å². The van der Waals surface area contributed by atoms with E-state index in [9.17, 15) is 4.79 Å². The number of aliphatic carboxylic acids is 1. The second-order valence-corrected chi connectivity index (χ2v) is 6.15. The summed E-state index contributed by atoms with van der Waals surface area (Å²) in [5.41, 5.74) is 4.22. The van der Waals surface area contributed by atoms with Crippen LogP contribution in [0.2, 0.25) is 0 Å². The fraction of sp³-hybridized carbons (Fsp3) is 0.250. The third kappa shape index (κ3) is 3.34. The minimum atomic E-state index is -0.889. The van der Waals surface area contributed by atoms with Gasteiger partial charge in [0.2, 0.25) is 5.16 Å². The molecule has 6 nitrogen and oxygen atoms in total. The quantitative estimate of drug-likeness (QED) is 0.725. The van der Waals surface area contributed by atoms with Gasteiger partial charge in [0, 0.05) is 17.8 Å². The van der Waals surface area contributed by atoms with Crippen molar-refractivity contribution < 1.29 is 9.90 Å². The standard InChI is InChI=1S/C16H16N4O2S/c1-10-13(8-12-6-4-3-5-7-12)11(2)20-15(17-10)18-16(19-20)23-9-14(21)22/h3-7H,8-9H2,1-2H3,(H,21,22). The summed E-state index contributed by atoms with van der Waals surface area (Å²) in [5.74, 6) is -0.449. The molecule has 0 bridgehead atoms. The van der Waals surface area contributed by atoms with E-state index in [0.29, 0.717) is 10.9 Å². The summed E-state index contributed by atoms with van der Waals surface area (Å²) < 4.78 is 1.69. The molecule has 0 amide bonds. The normalized spacial score (nSPS) is 11.0. The molecule has 0 aliphatic heterocycles. The Hall–Kier alpha value is -2.41. The number of hydrogen-bond donors (Lipinski definition) is 1. The third-order valence-electron chi connectivity index (χ3n) is 3.58. The zero-order valence-corrected chi connectivity index (χ0v) is 13.7. The SMILES string of the molecule is Cc1nc2nc(SCC(=O)O)nn2c(C)c1Cc1ccccc1. The van der Waals surface area contributed by atoms with E-state index >= 15 is 0 Å². The van der Waals surface area contributed by atoms with Crippen LogP contribution in [0.1, 0.15) is 22.5 Å². The van der Waals surface area contributed by atoms with Gasteiger partial charge in [0.1, 0.15) is 0 Å². The summed E-state index contributed by atoms with van der Waals surface area (Å²) in [4.78, 5) is 19.5. The molecular weight excluding hydrogens is 312 g/mol. The second-order valence-electron chi connectivity index (χ2n) is 5.21. The van der Waals surface area contributed by atoms with Crippen LogP contribution < -0.4 is 0 Å². The highest BCUT2D eigenvalue weighted by molar-refractivity contribution is 7.99. The number of thioether (sulfide) groups is 1. The van der Waals surface area contributed by atoms with Crippen molar-refractivity contribution in [3.05, 3.63) is 52.8 Å². The number of aryl methyl sites for hydroxylation is 2. The summed E-state index contributed by atoms with van der Waals surface area (Å²) in [6.45, 7) is 3.95. The van der Waals surface area contributed by atoms with Crippen molar-refractivity contribution in [3.63, 3.8) is 0 Å². The largest absolute Gasteiger partial charge is 0.481 e. The van der Waals surface area contributed by atoms with Gasteiger partial charge < -0.3 is 5.11 Å². The lowest BCUT2D eigenvalue weighted by molar-refractivity contribution is -0.133. The van der Waals surface area contributed by atoms with Crippen LogP contribution in [-0.2, 0) is 11.2 Å². The van der Waals surface area contributed by atoms with Gasteiger partial charge in [0.15, 0.2) is 0 Å². The molecule has 0 aliphatic rings. The Morgan fingerprint density at radius 2 is 1.96 bits per heavy atom. The summed E-state index contributed by atoms with van der Waals surface area (Å²) in [5, 5.41) is 13.6. The highest BCUT2D eigenvalue weighted by Gasteiger charge is 2.14. The topological polar surface area (TPSA) is 80.4 Å². The van der Waals surface area contributed by atoms with Crippen molar-refractivity contribution in [1.82, 2.24) is 19.6 Å². The number of aromatic nitrogens is 4. The fourth-order valence-electron chi connectivity index (χ4n) is 2.43. The number of carboxylic acid groups (broad SMARTS) is 1. The molecule has 0 aliphatic carbocycles. The Morgan fingerprint density at radius 3 is 2.65 bits per heavy atom. The van der Waals surface area contributed by atoms with E-state index in [0.717, 1.165) is 35.1 Å². The zero-order valence-electron chi connectivity index (χ0n) is 12.9.